The molecule has 0 atom stereocenters. The van der Waals surface area contributed by atoms with Crippen molar-refractivity contribution >= 4 is 29.5 Å². The zero-order chi connectivity index (χ0) is 38.7. The number of nitrogens with one attached hydrogen (secondary N) is 3. The van der Waals surface area contributed by atoms with E-state index in [1.54, 1.807) is 66.5 Å². The van der Waals surface area contributed by atoms with Crippen molar-refractivity contribution in [1.29, 1.82) is 0 Å². The van der Waals surface area contributed by atoms with Gasteiger partial charge in [0.25, 0.3) is 11.8 Å². The monoisotopic (exact) mass is 765 g/mol. The van der Waals surface area contributed by atoms with Crippen LogP contribution in [0.5, 0.6) is 0 Å². The molecule has 3 N–H and O–H groups in total. The number of imidazole rings is 1. The summed E-state index contributed by atoms with van der Waals surface area (Å²) in [6, 6.07) is 20.3. The molecule has 0 aliphatic heterocycles. The molecule has 2 aliphatic carbocycles. The van der Waals surface area contributed by atoms with Gasteiger partial charge in [-0.3, -0.25) is 24.4 Å². The van der Waals surface area contributed by atoms with Gasteiger partial charge in [-0.05, 0) is 106 Å². The van der Waals surface area contributed by atoms with Crippen LogP contribution in [0.25, 0.3) is 22.5 Å². The second kappa shape index (κ2) is 18.7. The molecule has 0 spiro atoms. The number of hydrogen-bond donors (Lipinski definition) is 3. The lowest BCUT2D eigenvalue weighted by Gasteiger charge is -2.30. The molecule has 5 aromatic rings. The highest BCUT2D eigenvalue weighted by Crippen LogP contribution is 2.31. The Kier molecular flexibility index (Phi) is 13.4. The number of carbonyl (C=O) groups is 3. The maximum atomic E-state index is 13.4. The zero-order valence-electron chi connectivity index (χ0n) is 30.9. The van der Waals surface area contributed by atoms with Crippen LogP contribution in [-0.4, -0.2) is 61.6 Å². The van der Waals surface area contributed by atoms with Crippen molar-refractivity contribution in [2.45, 2.75) is 87.6 Å². The largest absolute Gasteiger partial charge is 0.354 e. The minimum atomic E-state index is -0.319. The van der Waals surface area contributed by atoms with E-state index in [9.17, 15) is 23.2 Å². The van der Waals surface area contributed by atoms with Gasteiger partial charge < -0.3 is 20.5 Å². The average molecular weight is 766 g/mol. The summed E-state index contributed by atoms with van der Waals surface area (Å²) in [5.74, 6) is -0.907. The molecule has 2 saturated carbocycles. The molecule has 3 amide bonds. The fourth-order valence-corrected chi connectivity index (χ4v) is 7.72. The smallest absolute Gasteiger partial charge is 0.253 e. The summed E-state index contributed by atoms with van der Waals surface area (Å²) in [7, 11) is 0. The number of benzene rings is 2. The van der Waals surface area contributed by atoms with Crippen LogP contribution in [0.3, 0.4) is 0 Å². The van der Waals surface area contributed by atoms with Gasteiger partial charge >= 0.3 is 0 Å². The number of amides is 3. The standard InChI is InChI=1S/C22H23FN4OS.C20H22FN3O2/c1-29-22-24-11-12-27(22)19-8-6-18(7-9-19)26-21(28)16-5-10-20(25-14-16)15-3-2-4-17(23)13-15;1-13(25)23-17-6-8-18(9-7-17)24-20(26)15-5-10-19(22-12-15)14-3-2-4-16(21)11-14/h2-5,10-14,18-19H,6-9H2,1H3,(H,26,28);2-5,10-12,17-18H,6-9H2,1H3,(H,23,25)(H,24,26). The Labute approximate surface area is 324 Å². The highest BCUT2D eigenvalue weighted by atomic mass is 32.2. The van der Waals surface area contributed by atoms with Crippen molar-refractivity contribution in [2.24, 2.45) is 0 Å². The summed E-state index contributed by atoms with van der Waals surface area (Å²) in [6.07, 6.45) is 16.3. The van der Waals surface area contributed by atoms with Crippen LogP contribution in [0.2, 0.25) is 0 Å². The maximum Gasteiger partial charge on any atom is 0.253 e. The Balaban J connectivity index is 0.000000188. The predicted octanol–water partition coefficient (Wildman–Crippen LogP) is 7.78. The highest BCUT2D eigenvalue weighted by Gasteiger charge is 2.26. The van der Waals surface area contributed by atoms with Crippen molar-refractivity contribution in [3.63, 3.8) is 0 Å². The van der Waals surface area contributed by atoms with Crippen molar-refractivity contribution in [3.05, 3.63) is 120 Å². The van der Waals surface area contributed by atoms with Gasteiger partial charge in [-0.25, -0.2) is 13.8 Å². The Morgan fingerprint density at radius 3 is 1.55 bits per heavy atom. The molecule has 10 nitrogen and oxygen atoms in total. The van der Waals surface area contributed by atoms with Crippen molar-refractivity contribution in [2.75, 3.05) is 6.26 Å². The zero-order valence-corrected chi connectivity index (χ0v) is 31.7. The van der Waals surface area contributed by atoms with Crippen LogP contribution in [0, 0.1) is 11.6 Å². The van der Waals surface area contributed by atoms with E-state index in [0.717, 1.165) is 56.5 Å². The second-order valence-corrected chi connectivity index (χ2v) is 14.7. The molecule has 2 fully saturated rings. The number of hydrogen-bond acceptors (Lipinski definition) is 7. The third kappa shape index (κ3) is 10.8. The maximum absolute atomic E-state index is 13.4. The van der Waals surface area contributed by atoms with Gasteiger partial charge in [-0.2, -0.15) is 0 Å². The summed E-state index contributed by atoms with van der Waals surface area (Å²) >= 11 is 1.66. The number of pyridine rings is 2. The van der Waals surface area contributed by atoms with E-state index in [0.29, 0.717) is 39.7 Å². The number of nitrogens with zero attached hydrogens (tertiary/aromatic N) is 4. The minimum Gasteiger partial charge on any atom is -0.354 e. The molecule has 0 bridgehead atoms. The fourth-order valence-electron chi connectivity index (χ4n) is 7.13. The SMILES string of the molecule is CC(=O)NC1CCC(NC(=O)c2ccc(-c3cccc(F)c3)nc2)CC1.CSc1nccn1C1CCC(NC(=O)c2ccc(-c3cccc(F)c3)nc2)CC1. The van der Waals surface area contributed by atoms with Gasteiger partial charge in [0.05, 0.1) is 22.5 Å². The van der Waals surface area contributed by atoms with Gasteiger partial charge in [0.2, 0.25) is 5.91 Å². The van der Waals surface area contributed by atoms with Gasteiger partial charge in [-0.1, -0.05) is 36.0 Å². The molecular weight excluding hydrogens is 721 g/mol. The quantitative estimate of drug-likeness (QED) is 0.131. The Hall–Kier alpha value is -5.43. The Bertz CT molecular complexity index is 2060. The average Bonchev–Trinajstić information content (AvgIpc) is 3.68. The number of rotatable bonds is 9. The molecule has 0 radical (unpaired) electrons. The highest BCUT2D eigenvalue weighted by molar-refractivity contribution is 7.98. The van der Waals surface area contributed by atoms with Gasteiger partial charge in [-0.15, -0.1) is 0 Å². The van der Waals surface area contributed by atoms with Crippen LogP contribution in [0.4, 0.5) is 8.78 Å². The van der Waals surface area contributed by atoms with Crippen LogP contribution < -0.4 is 16.0 Å². The van der Waals surface area contributed by atoms with Crippen LogP contribution >= 0.6 is 11.8 Å². The number of halogens is 2. The van der Waals surface area contributed by atoms with E-state index in [1.165, 1.54) is 37.4 Å². The first-order chi connectivity index (χ1) is 26.6. The normalized spacial score (nSPS) is 19.3. The fraction of sp³-hybridized carbons (Fsp3) is 0.333. The van der Waals surface area contributed by atoms with Crippen molar-refractivity contribution < 1.29 is 23.2 Å². The van der Waals surface area contributed by atoms with E-state index < -0.39 is 0 Å². The molecule has 55 heavy (non-hydrogen) atoms. The predicted molar refractivity (Wildman–Crippen MR) is 209 cm³/mol. The molecule has 2 aromatic carbocycles. The summed E-state index contributed by atoms with van der Waals surface area (Å²) in [5.41, 5.74) is 3.64. The third-order valence-corrected chi connectivity index (χ3v) is 10.7. The summed E-state index contributed by atoms with van der Waals surface area (Å²) < 4.78 is 28.9. The van der Waals surface area contributed by atoms with Crippen LogP contribution in [-0.2, 0) is 4.79 Å². The molecule has 3 heterocycles. The van der Waals surface area contributed by atoms with E-state index in [-0.39, 0.29) is 47.5 Å². The third-order valence-electron chi connectivity index (χ3n) is 10.0. The second-order valence-electron chi connectivity index (χ2n) is 13.9. The Morgan fingerprint density at radius 1 is 0.655 bits per heavy atom. The van der Waals surface area contributed by atoms with Gasteiger partial charge in [0.1, 0.15) is 11.6 Å². The number of thioether (sulfide) groups is 1. The summed E-state index contributed by atoms with van der Waals surface area (Å²) in [5, 5.41) is 10.1. The minimum absolute atomic E-state index is 0.0121. The van der Waals surface area contributed by atoms with E-state index in [1.807, 2.05) is 18.6 Å². The van der Waals surface area contributed by atoms with E-state index in [4.69, 9.17) is 0 Å². The van der Waals surface area contributed by atoms with Crippen LogP contribution in [0.15, 0.2) is 103 Å². The topological polar surface area (TPSA) is 131 Å². The first-order valence-corrected chi connectivity index (χ1v) is 19.8. The Morgan fingerprint density at radius 2 is 1.13 bits per heavy atom. The molecular formula is C42H45F2N7O3S. The molecule has 286 valence electrons. The molecule has 7 rings (SSSR count). The first kappa shape index (κ1) is 39.3. The van der Waals surface area contributed by atoms with Crippen LogP contribution in [0.1, 0.15) is 85.0 Å². The first-order valence-electron chi connectivity index (χ1n) is 18.5. The summed E-state index contributed by atoms with van der Waals surface area (Å²) in [6.45, 7) is 1.52. The van der Waals surface area contributed by atoms with Gasteiger partial charge in [0.15, 0.2) is 5.16 Å². The molecule has 0 saturated heterocycles. The molecule has 0 unspecified atom stereocenters. The van der Waals surface area contributed by atoms with E-state index in [2.05, 4.69) is 35.5 Å². The lowest BCUT2D eigenvalue weighted by atomic mass is 9.91. The summed E-state index contributed by atoms with van der Waals surface area (Å²) in [4.78, 5) is 49.1. The number of carbonyl (C=O) groups excluding carboxylic acids is 3. The molecule has 13 heteroatoms. The van der Waals surface area contributed by atoms with Crippen molar-refractivity contribution in [3.8, 4) is 22.5 Å². The number of aromatic nitrogens is 4. The molecule has 3 aromatic heterocycles. The van der Waals surface area contributed by atoms with E-state index >= 15 is 0 Å². The lowest BCUT2D eigenvalue weighted by Crippen LogP contribution is -2.43. The van der Waals surface area contributed by atoms with Gasteiger partial charge in [0, 0.05) is 67.0 Å². The van der Waals surface area contributed by atoms with Crippen molar-refractivity contribution in [1.82, 2.24) is 35.5 Å². The molecule has 2 aliphatic rings. The lowest BCUT2D eigenvalue weighted by molar-refractivity contribution is -0.119.